The van der Waals surface area contributed by atoms with Gasteiger partial charge in [0.1, 0.15) is 11.6 Å². The summed E-state index contributed by atoms with van der Waals surface area (Å²) in [4.78, 5) is 11.8. The van der Waals surface area contributed by atoms with E-state index >= 15 is 0 Å². The highest BCUT2D eigenvalue weighted by Crippen LogP contribution is 2.21. The largest absolute Gasteiger partial charge is 0.397 e. The Morgan fingerprint density at radius 3 is 2.53 bits per heavy atom. The number of amides is 1. The highest BCUT2D eigenvalue weighted by Gasteiger charge is 2.10. The van der Waals surface area contributed by atoms with E-state index < -0.39 is 17.5 Å². The third-order valence-corrected chi connectivity index (χ3v) is 2.75. The maximum atomic E-state index is 13.2. The Morgan fingerprint density at radius 1 is 1.16 bits per heavy atom. The number of hydrogen-bond acceptors (Lipinski definition) is 2. The van der Waals surface area contributed by atoms with E-state index in [1.54, 1.807) is 0 Å². The average molecular weight is 283 g/mol. The van der Waals surface area contributed by atoms with Crippen LogP contribution in [0, 0.1) is 11.6 Å². The first-order valence-electron chi connectivity index (χ1n) is 5.29. The molecule has 0 aliphatic carbocycles. The molecule has 2 aromatic rings. The van der Waals surface area contributed by atoms with Gasteiger partial charge in [0.2, 0.25) is 0 Å². The second-order valence-electron chi connectivity index (χ2n) is 3.81. The predicted octanol–water partition coefficient (Wildman–Crippen LogP) is 3.45. The van der Waals surface area contributed by atoms with Crippen molar-refractivity contribution in [3.63, 3.8) is 0 Å². The topological polar surface area (TPSA) is 55.1 Å². The van der Waals surface area contributed by atoms with E-state index in [0.717, 1.165) is 18.2 Å². The van der Waals surface area contributed by atoms with Crippen LogP contribution in [0.4, 0.5) is 20.2 Å². The molecule has 19 heavy (non-hydrogen) atoms. The number of nitrogens with two attached hydrogens (primary N) is 1. The lowest BCUT2D eigenvalue weighted by Gasteiger charge is -2.08. The van der Waals surface area contributed by atoms with Gasteiger partial charge >= 0.3 is 0 Å². The molecule has 0 saturated heterocycles. The van der Waals surface area contributed by atoms with Crippen LogP contribution in [0.15, 0.2) is 36.4 Å². The molecule has 0 bridgehead atoms. The van der Waals surface area contributed by atoms with Crippen LogP contribution in [-0.2, 0) is 0 Å². The molecule has 0 spiro atoms. The van der Waals surface area contributed by atoms with Gasteiger partial charge in [-0.2, -0.15) is 0 Å². The van der Waals surface area contributed by atoms with Crippen LogP contribution >= 0.6 is 11.6 Å². The fourth-order valence-electron chi connectivity index (χ4n) is 1.48. The van der Waals surface area contributed by atoms with Crippen LogP contribution in [0.1, 0.15) is 10.4 Å². The minimum atomic E-state index is -0.693. The molecule has 0 heterocycles. The number of nitrogen functional groups attached to an aromatic ring is 1. The summed E-state index contributed by atoms with van der Waals surface area (Å²) in [5.74, 6) is -1.76. The second kappa shape index (κ2) is 5.24. The van der Waals surface area contributed by atoms with E-state index in [-0.39, 0.29) is 22.0 Å². The van der Waals surface area contributed by atoms with Crippen LogP contribution in [0.3, 0.4) is 0 Å². The zero-order valence-corrected chi connectivity index (χ0v) is 10.3. The van der Waals surface area contributed by atoms with Gasteiger partial charge in [-0.15, -0.1) is 0 Å². The molecule has 3 N–H and O–H groups in total. The monoisotopic (exact) mass is 282 g/mol. The maximum Gasteiger partial charge on any atom is 0.255 e. The van der Waals surface area contributed by atoms with Gasteiger partial charge < -0.3 is 11.1 Å². The Morgan fingerprint density at radius 2 is 1.89 bits per heavy atom. The van der Waals surface area contributed by atoms with Crippen LogP contribution in [0.2, 0.25) is 5.02 Å². The molecule has 0 aliphatic rings. The molecule has 2 rings (SSSR count). The van der Waals surface area contributed by atoms with E-state index in [1.165, 1.54) is 18.2 Å². The molecule has 0 aromatic heterocycles. The number of anilines is 2. The lowest BCUT2D eigenvalue weighted by molar-refractivity contribution is 0.102. The molecule has 1 amide bonds. The molecule has 0 fully saturated rings. The van der Waals surface area contributed by atoms with E-state index in [0.29, 0.717) is 0 Å². The zero-order valence-electron chi connectivity index (χ0n) is 9.58. The van der Waals surface area contributed by atoms with E-state index in [2.05, 4.69) is 5.32 Å². The van der Waals surface area contributed by atoms with Crippen molar-refractivity contribution >= 4 is 28.9 Å². The van der Waals surface area contributed by atoms with E-state index in [1.807, 2.05) is 0 Å². The van der Waals surface area contributed by atoms with E-state index in [4.69, 9.17) is 17.3 Å². The molecule has 2 aromatic carbocycles. The summed E-state index contributed by atoms with van der Waals surface area (Å²) >= 11 is 5.52. The standard InChI is InChI=1S/C13H9ClF2N2O/c14-9-3-1-7(5-10(9)16)13(19)18-12-4-2-8(15)6-11(12)17/h1-6H,17H2,(H,18,19). The smallest absolute Gasteiger partial charge is 0.255 e. The Balaban J connectivity index is 2.23. The summed E-state index contributed by atoms with van der Waals surface area (Å²) in [7, 11) is 0. The Bertz CT molecular complexity index is 647. The lowest BCUT2D eigenvalue weighted by Crippen LogP contribution is -2.13. The van der Waals surface area contributed by atoms with Crippen molar-refractivity contribution in [2.45, 2.75) is 0 Å². The molecule has 6 heteroatoms. The molecular weight excluding hydrogens is 274 g/mol. The highest BCUT2D eigenvalue weighted by molar-refractivity contribution is 6.30. The number of carbonyl (C=O) groups excluding carboxylic acids is 1. The molecule has 0 radical (unpaired) electrons. The van der Waals surface area contributed by atoms with Crippen molar-refractivity contribution in [3.8, 4) is 0 Å². The summed E-state index contributed by atoms with van der Waals surface area (Å²) in [6.45, 7) is 0. The van der Waals surface area contributed by atoms with Gasteiger partial charge in [-0.25, -0.2) is 8.78 Å². The van der Waals surface area contributed by atoms with Crippen molar-refractivity contribution in [1.29, 1.82) is 0 Å². The number of carbonyl (C=O) groups is 1. The van der Waals surface area contributed by atoms with Gasteiger partial charge in [-0.1, -0.05) is 11.6 Å². The first-order chi connectivity index (χ1) is 8.97. The van der Waals surface area contributed by atoms with Crippen molar-refractivity contribution in [3.05, 3.63) is 58.6 Å². The molecule has 0 unspecified atom stereocenters. The zero-order chi connectivity index (χ0) is 14.0. The molecule has 98 valence electrons. The molecule has 0 aliphatic heterocycles. The summed E-state index contributed by atoms with van der Waals surface area (Å²) < 4.78 is 26.1. The van der Waals surface area contributed by atoms with Gasteiger partial charge in [0.25, 0.3) is 5.91 Å². The number of hydrogen-bond donors (Lipinski definition) is 2. The Hall–Kier alpha value is -2.14. The second-order valence-corrected chi connectivity index (χ2v) is 4.22. The summed E-state index contributed by atoms with van der Waals surface area (Å²) in [6, 6.07) is 7.24. The molecular formula is C13H9ClF2N2O. The van der Waals surface area contributed by atoms with Crippen LogP contribution in [-0.4, -0.2) is 5.91 Å². The van der Waals surface area contributed by atoms with Crippen molar-refractivity contribution < 1.29 is 13.6 Å². The van der Waals surface area contributed by atoms with E-state index in [9.17, 15) is 13.6 Å². The first-order valence-corrected chi connectivity index (χ1v) is 5.66. The van der Waals surface area contributed by atoms with Crippen molar-refractivity contribution in [2.75, 3.05) is 11.1 Å². The number of rotatable bonds is 2. The number of halogens is 3. The fraction of sp³-hybridized carbons (Fsp3) is 0. The highest BCUT2D eigenvalue weighted by atomic mass is 35.5. The van der Waals surface area contributed by atoms with Crippen LogP contribution < -0.4 is 11.1 Å². The third kappa shape index (κ3) is 3.00. The van der Waals surface area contributed by atoms with Gasteiger partial charge in [0.15, 0.2) is 0 Å². The van der Waals surface area contributed by atoms with Gasteiger partial charge in [-0.05, 0) is 36.4 Å². The Labute approximate surface area is 113 Å². The van der Waals surface area contributed by atoms with Crippen LogP contribution in [0.25, 0.3) is 0 Å². The number of benzene rings is 2. The lowest BCUT2D eigenvalue weighted by atomic mass is 10.2. The SMILES string of the molecule is Nc1cc(F)ccc1NC(=O)c1ccc(Cl)c(F)c1. The van der Waals surface area contributed by atoms with Gasteiger partial charge in [0, 0.05) is 5.56 Å². The van der Waals surface area contributed by atoms with Gasteiger partial charge in [-0.3, -0.25) is 4.79 Å². The van der Waals surface area contributed by atoms with Gasteiger partial charge in [0.05, 0.1) is 16.4 Å². The predicted molar refractivity (Wildman–Crippen MR) is 70.2 cm³/mol. The normalized spacial score (nSPS) is 10.3. The first kappa shape index (κ1) is 13.3. The summed E-state index contributed by atoms with van der Waals surface area (Å²) in [6.07, 6.45) is 0. The quantitative estimate of drug-likeness (QED) is 0.829. The minimum Gasteiger partial charge on any atom is -0.397 e. The summed E-state index contributed by atoms with van der Waals surface area (Å²) in [5.41, 5.74) is 5.98. The molecule has 0 atom stereocenters. The number of nitrogens with one attached hydrogen (secondary N) is 1. The average Bonchev–Trinajstić information content (AvgIpc) is 2.36. The fourth-order valence-corrected chi connectivity index (χ4v) is 1.60. The van der Waals surface area contributed by atoms with Crippen molar-refractivity contribution in [2.24, 2.45) is 0 Å². The Kier molecular flexibility index (Phi) is 3.66. The maximum absolute atomic E-state index is 13.2. The third-order valence-electron chi connectivity index (χ3n) is 2.44. The summed E-state index contributed by atoms with van der Waals surface area (Å²) in [5, 5.41) is 2.39. The molecule has 0 saturated carbocycles. The minimum absolute atomic E-state index is 0.0714. The van der Waals surface area contributed by atoms with Crippen LogP contribution in [0.5, 0.6) is 0 Å². The molecule has 3 nitrogen and oxygen atoms in total. The van der Waals surface area contributed by atoms with Crippen molar-refractivity contribution in [1.82, 2.24) is 0 Å².